The Balaban J connectivity index is 1.65. The molecule has 8 nitrogen and oxygen atoms in total. The Morgan fingerprint density at radius 3 is 2.51 bits per heavy atom. The fourth-order valence-corrected chi connectivity index (χ4v) is 5.32. The van der Waals surface area contributed by atoms with Crippen LogP contribution in [0.25, 0.3) is 0 Å². The maximum atomic E-state index is 14.0. The SMILES string of the molecule is CCCOc1ccc([C@H](C(=O)NC2CCCCCC2)N(C[C@@H]2COc3ccccc3O2)C(=O)CCl)cc1OC. The van der Waals surface area contributed by atoms with E-state index in [1.54, 1.807) is 19.2 Å². The molecule has 2 aromatic rings. The van der Waals surface area contributed by atoms with Crippen LogP contribution in [0, 0.1) is 0 Å². The van der Waals surface area contributed by atoms with E-state index in [1.807, 2.05) is 37.3 Å². The number of alkyl halides is 1. The van der Waals surface area contributed by atoms with Gasteiger partial charge < -0.3 is 29.2 Å². The van der Waals surface area contributed by atoms with Crippen LogP contribution < -0.4 is 24.3 Å². The number of ether oxygens (including phenoxy) is 4. The molecule has 0 unspecified atom stereocenters. The summed E-state index contributed by atoms with van der Waals surface area (Å²) in [7, 11) is 1.56. The Labute approximate surface area is 235 Å². The van der Waals surface area contributed by atoms with Gasteiger partial charge in [-0.25, -0.2) is 0 Å². The Hall–Kier alpha value is -3.13. The van der Waals surface area contributed by atoms with Gasteiger partial charge in [0, 0.05) is 6.04 Å². The summed E-state index contributed by atoms with van der Waals surface area (Å²) in [6.07, 6.45) is 6.70. The summed E-state index contributed by atoms with van der Waals surface area (Å²) in [5.74, 6) is 1.45. The highest BCUT2D eigenvalue weighted by molar-refractivity contribution is 6.27. The van der Waals surface area contributed by atoms with Crippen LogP contribution in [-0.2, 0) is 9.59 Å². The number of rotatable bonds is 11. The number of benzene rings is 2. The van der Waals surface area contributed by atoms with Gasteiger partial charge in [-0.15, -0.1) is 11.6 Å². The smallest absolute Gasteiger partial charge is 0.247 e. The summed E-state index contributed by atoms with van der Waals surface area (Å²) in [6.45, 7) is 2.94. The molecule has 1 fully saturated rings. The van der Waals surface area contributed by atoms with Crippen LogP contribution in [0.2, 0.25) is 0 Å². The van der Waals surface area contributed by atoms with Gasteiger partial charge in [-0.2, -0.15) is 0 Å². The molecular weight excluding hydrogens is 520 g/mol. The average Bonchev–Trinajstić information content (AvgIpc) is 3.24. The minimum absolute atomic E-state index is 0.0608. The van der Waals surface area contributed by atoms with Gasteiger partial charge in [-0.3, -0.25) is 9.59 Å². The third-order valence-electron chi connectivity index (χ3n) is 7.13. The fourth-order valence-electron chi connectivity index (χ4n) is 5.16. The van der Waals surface area contributed by atoms with Gasteiger partial charge in [0.25, 0.3) is 0 Å². The number of hydrogen-bond donors (Lipinski definition) is 1. The lowest BCUT2D eigenvalue weighted by molar-refractivity contribution is -0.141. The molecule has 2 amide bonds. The summed E-state index contributed by atoms with van der Waals surface area (Å²) in [5, 5.41) is 3.24. The van der Waals surface area contributed by atoms with Crippen molar-refractivity contribution in [3.8, 4) is 23.0 Å². The first-order valence-corrected chi connectivity index (χ1v) is 14.4. The molecule has 9 heteroatoms. The number of carbonyl (C=O) groups excluding carboxylic acids is 2. The number of nitrogens with one attached hydrogen (secondary N) is 1. The summed E-state index contributed by atoms with van der Waals surface area (Å²) < 4.78 is 23.5. The second-order valence-corrected chi connectivity index (χ2v) is 10.3. The van der Waals surface area contributed by atoms with Crippen molar-refractivity contribution in [2.75, 3.05) is 32.7 Å². The van der Waals surface area contributed by atoms with Crippen LogP contribution in [0.3, 0.4) is 0 Å². The van der Waals surface area contributed by atoms with Crippen LogP contribution >= 0.6 is 11.6 Å². The normalized spacial score (nSPS) is 18.0. The Morgan fingerprint density at radius 1 is 1.08 bits per heavy atom. The second kappa shape index (κ2) is 14.3. The van der Waals surface area contributed by atoms with Gasteiger partial charge in [0.15, 0.2) is 29.1 Å². The van der Waals surface area contributed by atoms with E-state index in [1.165, 1.54) is 17.7 Å². The van der Waals surface area contributed by atoms with Crippen molar-refractivity contribution in [3.05, 3.63) is 48.0 Å². The van der Waals surface area contributed by atoms with Crippen LogP contribution in [0.15, 0.2) is 42.5 Å². The highest BCUT2D eigenvalue weighted by Crippen LogP contribution is 2.35. The molecule has 1 heterocycles. The predicted molar refractivity (Wildman–Crippen MR) is 150 cm³/mol. The van der Waals surface area contributed by atoms with E-state index < -0.39 is 12.1 Å². The van der Waals surface area contributed by atoms with E-state index in [2.05, 4.69) is 5.32 Å². The molecule has 0 saturated heterocycles. The Kier molecular flexibility index (Phi) is 10.6. The van der Waals surface area contributed by atoms with E-state index in [0.717, 1.165) is 32.1 Å². The highest BCUT2D eigenvalue weighted by Gasteiger charge is 2.36. The summed E-state index contributed by atoms with van der Waals surface area (Å²) >= 11 is 6.10. The molecule has 1 N–H and O–H groups in total. The molecular formula is C30H39ClN2O6. The molecule has 0 bridgehead atoms. The van der Waals surface area contributed by atoms with E-state index in [9.17, 15) is 9.59 Å². The molecule has 1 aliphatic heterocycles. The van der Waals surface area contributed by atoms with Gasteiger partial charge in [-0.1, -0.05) is 50.8 Å². The Morgan fingerprint density at radius 2 is 1.82 bits per heavy atom. The van der Waals surface area contributed by atoms with Crippen molar-refractivity contribution in [3.63, 3.8) is 0 Å². The number of amides is 2. The van der Waals surface area contributed by atoms with E-state index >= 15 is 0 Å². The molecule has 0 radical (unpaired) electrons. The number of halogens is 1. The summed E-state index contributed by atoms with van der Waals surface area (Å²) in [4.78, 5) is 28.8. The van der Waals surface area contributed by atoms with Crippen molar-refractivity contribution >= 4 is 23.4 Å². The third-order valence-corrected chi connectivity index (χ3v) is 7.36. The molecule has 2 aliphatic rings. The number of para-hydroxylation sites is 2. The van der Waals surface area contributed by atoms with Crippen molar-refractivity contribution in [1.29, 1.82) is 0 Å². The topological polar surface area (TPSA) is 86.3 Å². The van der Waals surface area contributed by atoms with Crippen LogP contribution in [0.5, 0.6) is 23.0 Å². The highest BCUT2D eigenvalue weighted by atomic mass is 35.5. The Bertz CT molecular complexity index is 1100. The summed E-state index contributed by atoms with van der Waals surface area (Å²) in [6, 6.07) is 11.9. The number of methoxy groups -OCH3 is 1. The van der Waals surface area contributed by atoms with Crippen molar-refractivity contribution in [1.82, 2.24) is 10.2 Å². The van der Waals surface area contributed by atoms with Gasteiger partial charge in [-0.05, 0) is 49.1 Å². The lowest BCUT2D eigenvalue weighted by atomic mass is 10.0. The summed E-state index contributed by atoms with van der Waals surface area (Å²) in [5.41, 5.74) is 0.609. The van der Waals surface area contributed by atoms with E-state index in [0.29, 0.717) is 35.2 Å². The monoisotopic (exact) mass is 558 g/mol. The largest absolute Gasteiger partial charge is 0.493 e. The average molecular weight is 559 g/mol. The van der Waals surface area contributed by atoms with Crippen molar-refractivity contribution in [2.24, 2.45) is 0 Å². The van der Waals surface area contributed by atoms with Gasteiger partial charge in [0.2, 0.25) is 11.8 Å². The lowest BCUT2D eigenvalue weighted by Gasteiger charge is -2.36. The molecule has 4 rings (SSSR count). The third kappa shape index (κ3) is 7.50. The molecule has 0 aromatic heterocycles. The molecule has 2 atom stereocenters. The minimum Gasteiger partial charge on any atom is -0.493 e. The van der Waals surface area contributed by atoms with Crippen LogP contribution in [-0.4, -0.2) is 61.6 Å². The minimum atomic E-state index is -0.936. The zero-order valence-electron chi connectivity index (χ0n) is 22.8. The van der Waals surface area contributed by atoms with Crippen LogP contribution in [0.4, 0.5) is 0 Å². The van der Waals surface area contributed by atoms with Crippen molar-refractivity contribution in [2.45, 2.75) is 70.1 Å². The lowest BCUT2D eigenvalue weighted by Crippen LogP contribution is -2.51. The first-order chi connectivity index (χ1) is 19.0. The maximum Gasteiger partial charge on any atom is 0.247 e. The molecule has 0 spiro atoms. The standard InChI is InChI=1S/C30H39ClN2O6/c1-3-16-37-25-15-14-21(17-27(25)36-2)29(30(35)32-22-10-6-4-5-7-11-22)33(28(34)18-31)19-23-20-38-24-12-8-9-13-26(24)39-23/h8-9,12-15,17,22-23,29H,3-7,10-11,16,18-20H2,1-2H3,(H,32,35)/t23-,29-/m1/s1. The van der Waals surface area contributed by atoms with Gasteiger partial charge in [0.05, 0.1) is 20.3 Å². The predicted octanol–water partition coefficient (Wildman–Crippen LogP) is 5.27. The zero-order chi connectivity index (χ0) is 27.6. The second-order valence-electron chi connectivity index (χ2n) is 10.0. The number of hydrogen-bond acceptors (Lipinski definition) is 6. The number of carbonyl (C=O) groups is 2. The van der Waals surface area contributed by atoms with Gasteiger partial charge >= 0.3 is 0 Å². The van der Waals surface area contributed by atoms with Crippen molar-refractivity contribution < 1.29 is 28.5 Å². The molecule has 39 heavy (non-hydrogen) atoms. The molecule has 2 aromatic carbocycles. The zero-order valence-corrected chi connectivity index (χ0v) is 23.6. The maximum absolute atomic E-state index is 14.0. The number of fused-ring (bicyclic) bond motifs is 1. The van der Waals surface area contributed by atoms with E-state index in [-0.39, 0.29) is 36.9 Å². The quantitative estimate of drug-likeness (QED) is 0.299. The number of nitrogens with zero attached hydrogens (tertiary/aromatic N) is 1. The van der Waals surface area contributed by atoms with Crippen LogP contribution in [0.1, 0.15) is 63.5 Å². The molecule has 1 saturated carbocycles. The van der Waals surface area contributed by atoms with E-state index in [4.69, 9.17) is 30.5 Å². The molecule has 1 aliphatic carbocycles. The fraction of sp³-hybridized carbons (Fsp3) is 0.533. The first-order valence-electron chi connectivity index (χ1n) is 13.9. The molecule has 212 valence electrons. The first kappa shape index (κ1) is 28.9. The van der Waals surface area contributed by atoms with Gasteiger partial charge in [0.1, 0.15) is 18.5 Å².